The van der Waals surface area contributed by atoms with Gasteiger partial charge in [-0.15, -0.1) is 0 Å². The van der Waals surface area contributed by atoms with E-state index < -0.39 is 42.1 Å². The molecular formula is C15H15F6NO3. The SMILES string of the molecule is O=C(O)c1cc(C2CCCCC2)c(OCC(F)(F)F)nc1C(F)(F)F. The van der Waals surface area contributed by atoms with Crippen LogP contribution >= 0.6 is 0 Å². The molecule has 1 aliphatic carbocycles. The Balaban J connectivity index is 2.53. The molecule has 0 atom stereocenters. The van der Waals surface area contributed by atoms with E-state index in [1.807, 2.05) is 0 Å². The smallest absolute Gasteiger partial charge is 0.434 e. The maximum absolute atomic E-state index is 13.0. The summed E-state index contributed by atoms with van der Waals surface area (Å²) in [7, 11) is 0. The van der Waals surface area contributed by atoms with Crippen molar-refractivity contribution in [1.82, 2.24) is 4.98 Å². The van der Waals surface area contributed by atoms with Crippen LogP contribution in [0.2, 0.25) is 0 Å². The zero-order valence-electron chi connectivity index (χ0n) is 12.9. The fourth-order valence-corrected chi connectivity index (χ4v) is 2.86. The summed E-state index contributed by atoms with van der Waals surface area (Å²) in [5, 5.41) is 9.04. The lowest BCUT2D eigenvalue weighted by Gasteiger charge is -2.25. The van der Waals surface area contributed by atoms with Gasteiger partial charge >= 0.3 is 18.3 Å². The van der Waals surface area contributed by atoms with Crippen molar-refractivity contribution >= 4 is 5.97 Å². The molecule has 140 valence electrons. The third-order valence-corrected chi connectivity index (χ3v) is 3.93. The summed E-state index contributed by atoms with van der Waals surface area (Å²) < 4.78 is 80.8. The third kappa shape index (κ3) is 4.99. The number of hydrogen-bond acceptors (Lipinski definition) is 3. The molecule has 1 saturated carbocycles. The van der Waals surface area contributed by atoms with Gasteiger partial charge in [-0.1, -0.05) is 19.3 Å². The highest BCUT2D eigenvalue weighted by Gasteiger charge is 2.40. The average molecular weight is 371 g/mol. The molecule has 10 heteroatoms. The maximum Gasteiger partial charge on any atom is 0.434 e. The first-order valence-corrected chi connectivity index (χ1v) is 7.54. The Kier molecular flexibility index (Phi) is 5.48. The van der Waals surface area contributed by atoms with Crippen LogP contribution in [0.5, 0.6) is 5.88 Å². The van der Waals surface area contributed by atoms with E-state index in [4.69, 9.17) is 5.11 Å². The average Bonchev–Trinajstić information content (AvgIpc) is 2.51. The van der Waals surface area contributed by atoms with E-state index in [0.29, 0.717) is 12.8 Å². The van der Waals surface area contributed by atoms with Crippen molar-refractivity contribution in [3.05, 3.63) is 22.9 Å². The number of aromatic nitrogens is 1. The van der Waals surface area contributed by atoms with E-state index >= 15 is 0 Å². The number of pyridine rings is 1. The van der Waals surface area contributed by atoms with Crippen LogP contribution in [-0.2, 0) is 6.18 Å². The van der Waals surface area contributed by atoms with E-state index in [1.54, 1.807) is 0 Å². The lowest BCUT2D eigenvalue weighted by atomic mass is 9.84. The zero-order valence-corrected chi connectivity index (χ0v) is 12.9. The molecule has 1 aliphatic rings. The molecule has 0 saturated heterocycles. The highest BCUT2D eigenvalue weighted by molar-refractivity contribution is 5.89. The monoisotopic (exact) mass is 371 g/mol. The number of hydrogen-bond donors (Lipinski definition) is 1. The third-order valence-electron chi connectivity index (χ3n) is 3.93. The van der Waals surface area contributed by atoms with Crippen molar-refractivity contribution in [3.8, 4) is 5.88 Å². The van der Waals surface area contributed by atoms with Gasteiger partial charge in [-0.25, -0.2) is 9.78 Å². The van der Waals surface area contributed by atoms with Gasteiger partial charge in [0.25, 0.3) is 0 Å². The van der Waals surface area contributed by atoms with Gasteiger partial charge in [0.2, 0.25) is 5.88 Å². The van der Waals surface area contributed by atoms with Crippen molar-refractivity contribution in [2.75, 3.05) is 6.61 Å². The van der Waals surface area contributed by atoms with Crippen LogP contribution in [0.25, 0.3) is 0 Å². The van der Waals surface area contributed by atoms with Gasteiger partial charge < -0.3 is 9.84 Å². The lowest BCUT2D eigenvalue weighted by Crippen LogP contribution is -2.23. The highest BCUT2D eigenvalue weighted by atomic mass is 19.4. The number of nitrogens with zero attached hydrogens (tertiary/aromatic N) is 1. The minimum absolute atomic E-state index is 0.0191. The molecule has 4 nitrogen and oxygen atoms in total. The van der Waals surface area contributed by atoms with Crippen molar-refractivity contribution < 1.29 is 41.0 Å². The first-order valence-electron chi connectivity index (χ1n) is 7.54. The summed E-state index contributed by atoms with van der Waals surface area (Å²) in [6, 6.07) is 0.750. The molecule has 1 N–H and O–H groups in total. The number of aromatic carboxylic acids is 1. The lowest BCUT2D eigenvalue weighted by molar-refractivity contribution is -0.155. The van der Waals surface area contributed by atoms with E-state index in [9.17, 15) is 31.1 Å². The molecule has 1 aromatic rings. The van der Waals surface area contributed by atoms with Crippen LogP contribution in [0.3, 0.4) is 0 Å². The Labute approximate surface area is 138 Å². The molecule has 1 fully saturated rings. The number of carboxylic acid groups (broad SMARTS) is 1. The first-order chi connectivity index (χ1) is 11.5. The number of halogens is 6. The van der Waals surface area contributed by atoms with Crippen molar-refractivity contribution in [3.63, 3.8) is 0 Å². The van der Waals surface area contributed by atoms with E-state index in [0.717, 1.165) is 25.3 Å². The number of ether oxygens (including phenoxy) is 1. The minimum Gasteiger partial charge on any atom is -0.478 e. The molecule has 0 radical (unpaired) electrons. The Morgan fingerprint density at radius 3 is 2.24 bits per heavy atom. The summed E-state index contributed by atoms with van der Waals surface area (Å²) in [6.45, 7) is -1.80. The van der Waals surface area contributed by atoms with Crippen LogP contribution < -0.4 is 4.74 Å². The van der Waals surface area contributed by atoms with Crippen molar-refractivity contribution in [2.45, 2.75) is 50.4 Å². The second kappa shape index (κ2) is 7.09. The predicted octanol–water partition coefficient (Wildman–Crippen LogP) is 4.79. The van der Waals surface area contributed by atoms with Gasteiger partial charge in [-0.3, -0.25) is 0 Å². The zero-order chi connectivity index (χ0) is 18.8. The van der Waals surface area contributed by atoms with Crippen LogP contribution in [-0.4, -0.2) is 28.8 Å². The molecule has 0 amide bonds. The molecule has 0 bridgehead atoms. The topological polar surface area (TPSA) is 59.4 Å². The predicted molar refractivity (Wildman–Crippen MR) is 73.6 cm³/mol. The van der Waals surface area contributed by atoms with E-state index in [-0.39, 0.29) is 11.5 Å². The van der Waals surface area contributed by atoms with E-state index in [1.165, 1.54) is 0 Å². The van der Waals surface area contributed by atoms with Gasteiger partial charge in [0.15, 0.2) is 12.3 Å². The Morgan fingerprint density at radius 1 is 1.16 bits per heavy atom. The van der Waals surface area contributed by atoms with Gasteiger partial charge in [0.1, 0.15) is 0 Å². The quantitative estimate of drug-likeness (QED) is 0.774. The molecule has 0 aromatic carbocycles. The molecule has 25 heavy (non-hydrogen) atoms. The molecule has 0 spiro atoms. The molecule has 0 unspecified atom stereocenters. The van der Waals surface area contributed by atoms with E-state index in [2.05, 4.69) is 9.72 Å². The minimum atomic E-state index is -5.13. The number of rotatable bonds is 4. The molecule has 0 aliphatic heterocycles. The molecule has 1 heterocycles. The van der Waals surface area contributed by atoms with Gasteiger partial charge in [-0.05, 0) is 24.8 Å². The molecule has 2 rings (SSSR count). The Hall–Kier alpha value is -2.00. The normalized spacial score (nSPS) is 16.7. The number of carboxylic acids is 1. The summed E-state index contributed by atoms with van der Waals surface area (Å²) in [6.07, 6.45) is -6.46. The summed E-state index contributed by atoms with van der Waals surface area (Å²) in [5.41, 5.74) is -2.88. The highest BCUT2D eigenvalue weighted by Crippen LogP contribution is 2.40. The summed E-state index contributed by atoms with van der Waals surface area (Å²) in [4.78, 5) is 14.3. The first kappa shape index (κ1) is 19.3. The Bertz CT molecular complexity index is 635. The van der Waals surface area contributed by atoms with Crippen LogP contribution in [0.15, 0.2) is 6.07 Å². The second-order valence-electron chi connectivity index (χ2n) is 5.82. The fourth-order valence-electron chi connectivity index (χ4n) is 2.86. The van der Waals surface area contributed by atoms with Gasteiger partial charge in [0.05, 0.1) is 5.56 Å². The van der Waals surface area contributed by atoms with Crippen LogP contribution in [0.1, 0.15) is 59.6 Å². The summed E-state index contributed by atoms with van der Waals surface area (Å²) in [5.74, 6) is -3.04. The second-order valence-corrected chi connectivity index (χ2v) is 5.82. The van der Waals surface area contributed by atoms with Crippen LogP contribution in [0, 0.1) is 0 Å². The number of carbonyl (C=O) groups is 1. The number of alkyl halides is 6. The maximum atomic E-state index is 13.0. The van der Waals surface area contributed by atoms with Crippen molar-refractivity contribution in [1.29, 1.82) is 0 Å². The molecular weight excluding hydrogens is 356 g/mol. The molecule has 1 aromatic heterocycles. The van der Waals surface area contributed by atoms with Gasteiger partial charge in [0, 0.05) is 5.56 Å². The standard InChI is InChI=1S/C15H15F6NO3/c16-14(17,18)7-25-12-9(8-4-2-1-3-5-8)6-10(13(23)24)11(22-12)15(19,20)21/h6,8H,1-5,7H2,(H,23,24). The fraction of sp³-hybridized carbons (Fsp3) is 0.600. The van der Waals surface area contributed by atoms with Crippen LogP contribution in [0.4, 0.5) is 26.3 Å². The van der Waals surface area contributed by atoms with Crippen molar-refractivity contribution in [2.24, 2.45) is 0 Å². The Morgan fingerprint density at radius 2 is 1.76 bits per heavy atom. The largest absolute Gasteiger partial charge is 0.478 e. The summed E-state index contributed by atoms with van der Waals surface area (Å²) >= 11 is 0. The van der Waals surface area contributed by atoms with Gasteiger partial charge in [-0.2, -0.15) is 26.3 Å².